The molecule has 3 heteroatoms. The fourth-order valence-corrected chi connectivity index (χ4v) is 2.44. The van der Waals surface area contributed by atoms with Crippen LogP contribution in [-0.2, 0) is 6.54 Å². The zero-order chi connectivity index (χ0) is 14.6. The summed E-state index contributed by atoms with van der Waals surface area (Å²) in [4.78, 5) is 0. The summed E-state index contributed by atoms with van der Waals surface area (Å²) in [5, 5.41) is 22.0. The van der Waals surface area contributed by atoms with Crippen LogP contribution in [0.15, 0.2) is 60.7 Å². The van der Waals surface area contributed by atoms with Crippen LogP contribution >= 0.6 is 0 Å². The molecule has 106 valence electrons. The molecule has 2 rings (SSSR count). The molecule has 0 bridgehead atoms. The van der Waals surface area contributed by atoms with Crippen LogP contribution in [0.2, 0.25) is 0 Å². The maximum absolute atomic E-state index is 10.4. The zero-order valence-electron chi connectivity index (χ0n) is 11.9. The van der Waals surface area contributed by atoms with Crippen LogP contribution in [0.25, 0.3) is 0 Å². The van der Waals surface area contributed by atoms with E-state index in [0.717, 1.165) is 11.1 Å². The maximum Gasteiger partial charge on any atom is 0.0885 e. The van der Waals surface area contributed by atoms with E-state index in [1.54, 1.807) is 13.8 Å². The number of hydrogen-bond donors (Lipinski definition) is 2. The van der Waals surface area contributed by atoms with Gasteiger partial charge in [-0.3, -0.25) is 0 Å². The first-order valence-corrected chi connectivity index (χ1v) is 6.75. The normalized spacial score (nSPS) is 13.4. The highest BCUT2D eigenvalue weighted by Gasteiger charge is 2.33. The summed E-state index contributed by atoms with van der Waals surface area (Å²) in [5.74, 6) is 0. The van der Waals surface area contributed by atoms with Gasteiger partial charge in [0, 0.05) is 6.54 Å². The van der Waals surface area contributed by atoms with E-state index in [1.807, 2.05) is 60.7 Å². The highest BCUT2D eigenvalue weighted by atomic mass is 16.5. The minimum Gasteiger partial charge on any atom is -0.388 e. The first-order valence-electron chi connectivity index (χ1n) is 6.75. The third kappa shape index (κ3) is 3.67. The van der Waals surface area contributed by atoms with Crippen molar-refractivity contribution < 1.29 is 10.3 Å². The SMILES string of the molecule is CC(C)(O)C(c1ccccc1)N(O)Cc1ccccc1. The fourth-order valence-electron chi connectivity index (χ4n) is 2.44. The Labute approximate surface area is 120 Å². The van der Waals surface area contributed by atoms with Crippen molar-refractivity contribution in [3.8, 4) is 0 Å². The fraction of sp³-hybridized carbons (Fsp3) is 0.294. The minimum absolute atomic E-state index is 0.365. The van der Waals surface area contributed by atoms with Crippen molar-refractivity contribution >= 4 is 0 Å². The molecule has 0 saturated carbocycles. The third-order valence-corrected chi connectivity index (χ3v) is 3.27. The van der Waals surface area contributed by atoms with Crippen molar-refractivity contribution in [2.24, 2.45) is 0 Å². The predicted octanol–water partition coefficient (Wildman–Crippen LogP) is 3.39. The molecule has 0 radical (unpaired) electrons. The highest BCUT2D eigenvalue weighted by molar-refractivity contribution is 5.22. The number of nitrogens with zero attached hydrogens (tertiary/aromatic N) is 1. The molecule has 2 N–H and O–H groups in total. The van der Waals surface area contributed by atoms with Crippen LogP contribution in [0.5, 0.6) is 0 Å². The van der Waals surface area contributed by atoms with Crippen LogP contribution in [-0.4, -0.2) is 21.0 Å². The predicted molar refractivity (Wildman–Crippen MR) is 79.3 cm³/mol. The molecule has 2 aromatic rings. The summed E-state index contributed by atoms with van der Waals surface area (Å²) in [6.07, 6.45) is 0. The van der Waals surface area contributed by atoms with Crippen LogP contribution < -0.4 is 0 Å². The van der Waals surface area contributed by atoms with Gasteiger partial charge < -0.3 is 10.3 Å². The minimum atomic E-state index is -1.05. The van der Waals surface area contributed by atoms with Crippen LogP contribution in [0.3, 0.4) is 0 Å². The number of hydroxylamine groups is 2. The smallest absolute Gasteiger partial charge is 0.0885 e. The van der Waals surface area contributed by atoms with Gasteiger partial charge in [0.1, 0.15) is 0 Å². The van der Waals surface area contributed by atoms with E-state index in [0.29, 0.717) is 6.54 Å². The molecule has 1 unspecified atom stereocenters. The summed E-state index contributed by atoms with van der Waals surface area (Å²) in [7, 11) is 0. The molecule has 0 fully saturated rings. The van der Waals surface area contributed by atoms with Gasteiger partial charge in [-0.2, -0.15) is 5.06 Å². The highest BCUT2D eigenvalue weighted by Crippen LogP contribution is 2.31. The van der Waals surface area contributed by atoms with Crippen molar-refractivity contribution in [1.82, 2.24) is 5.06 Å². The van der Waals surface area contributed by atoms with Crippen molar-refractivity contribution in [1.29, 1.82) is 0 Å². The average Bonchev–Trinajstić information content (AvgIpc) is 2.39. The standard InChI is InChI=1S/C17H21NO2/c1-17(2,19)16(15-11-7-4-8-12-15)18(20)13-14-9-5-3-6-10-14/h3-12,16,19-20H,13H2,1-2H3. The topological polar surface area (TPSA) is 43.7 Å². The number of rotatable bonds is 5. The molecule has 1 atom stereocenters. The Morgan fingerprint density at radius 3 is 1.95 bits per heavy atom. The van der Waals surface area contributed by atoms with E-state index in [1.165, 1.54) is 5.06 Å². The molecular weight excluding hydrogens is 250 g/mol. The molecule has 20 heavy (non-hydrogen) atoms. The van der Waals surface area contributed by atoms with Gasteiger partial charge in [0.25, 0.3) is 0 Å². The summed E-state index contributed by atoms with van der Waals surface area (Å²) in [5.41, 5.74) is 0.837. The van der Waals surface area contributed by atoms with Crippen LogP contribution in [0.1, 0.15) is 31.0 Å². The first-order chi connectivity index (χ1) is 9.48. The molecular formula is C17H21NO2. The monoisotopic (exact) mass is 271 g/mol. The summed E-state index contributed by atoms with van der Waals surface area (Å²) < 4.78 is 0. The van der Waals surface area contributed by atoms with Gasteiger partial charge in [-0.25, -0.2) is 0 Å². The second kappa shape index (κ2) is 6.18. The molecule has 0 aromatic heterocycles. The number of hydrogen-bond acceptors (Lipinski definition) is 3. The van der Waals surface area contributed by atoms with E-state index in [4.69, 9.17) is 0 Å². The zero-order valence-corrected chi connectivity index (χ0v) is 11.9. The lowest BCUT2D eigenvalue weighted by Crippen LogP contribution is -2.40. The molecule has 0 amide bonds. The van der Waals surface area contributed by atoms with Crippen molar-refractivity contribution in [2.45, 2.75) is 32.0 Å². The molecule has 2 aromatic carbocycles. The number of aliphatic hydroxyl groups is 1. The van der Waals surface area contributed by atoms with E-state index in [2.05, 4.69) is 0 Å². The quantitative estimate of drug-likeness (QED) is 0.819. The Kier molecular flexibility index (Phi) is 4.55. The van der Waals surface area contributed by atoms with E-state index < -0.39 is 11.6 Å². The van der Waals surface area contributed by atoms with Crippen molar-refractivity contribution in [2.75, 3.05) is 0 Å². The molecule has 3 nitrogen and oxygen atoms in total. The lowest BCUT2D eigenvalue weighted by atomic mass is 9.91. The Bertz CT molecular complexity index is 520. The third-order valence-electron chi connectivity index (χ3n) is 3.27. The Morgan fingerprint density at radius 1 is 0.950 bits per heavy atom. The Hall–Kier alpha value is -1.68. The van der Waals surface area contributed by atoms with Crippen molar-refractivity contribution in [3.05, 3.63) is 71.8 Å². The second-order valence-electron chi connectivity index (χ2n) is 5.55. The number of benzene rings is 2. The molecule has 0 heterocycles. The Morgan fingerprint density at radius 2 is 1.45 bits per heavy atom. The summed E-state index contributed by atoms with van der Waals surface area (Å²) in [6, 6.07) is 18.8. The molecule has 0 saturated heterocycles. The summed E-state index contributed by atoms with van der Waals surface area (Å²) >= 11 is 0. The van der Waals surface area contributed by atoms with Crippen LogP contribution in [0.4, 0.5) is 0 Å². The molecule has 0 aliphatic carbocycles. The van der Waals surface area contributed by atoms with Crippen LogP contribution in [0, 0.1) is 0 Å². The van der Waals surface area contributed by atoms with Gasteiger partial charge in [0.15, 0.2) is 0 Å². The van der Waals surface area contributed by atoms with E-state index >= 15 is 0 Å². The first kappa shape index (κ1) is 14.7. The lowest BCUT2D eigenvalue weighted by Gasteiger charge is -2.35. The molecule has 0 spiro atoms. The summed E-state index contributed by atoms with van der Waals surface area (Å²) in [6.45, 7) is 3.78. The van der Waals surface area contributed by atoms with E-state index in [-0.39, 0.29) is 0 Å². The van der Waals surface area contributed by atoms with Gasteiger partial charge in [0.05, 0.1) is 11.6 Å². The Balaban J connectivity index is 2.24. The van der Waals surface area contributed by atoms with Crippen molar-refractivity contribution in [3.63, 3.8) is 0 Å². The second-order valence-corrected chi connectivity index (χ2v) is 5.55. The van der Waals surface area contributed by atoms with Gasteiger partial charge in [-0.05, 0) is 25.0 Å². The molecule has 0 aliphatic heterocycles. The van der Waals surface area contributed by atoms with E-state index in [9.17, 15) is 10.3 Å². The van der Waals surface area contributed by atoms with Gasteiger partial charge >= 0.3 is 0 Å². The largest absolute Gasteiger partial charge is 0.388 e. The average molecular weight is 271 g/mol. The maximum atomic E-state index is 10.4. The van der Waals surface area contributed by atoms with Gasteiger partial charge in [0.2, 0.25) is 0 Å². The lowest BCUT2D eigenvalue weighted by molar-refractivity contribution is -0.186. The van der Waals surface area contributed by atoms with Gasteiger partial charge in [-0.1, -0.05) is 60.7 Å². The molecule has 0 aliphatic rings. The van der Waals surface area contributed by atoms with Gasteiger partial charge in [-0.15, -0.1) is 0 Å².